The van der Waals surface area contributed by atoms with Crippen LogP contribution in [0.25, 0.3) is 0 Å². The third kappa shape index (κ3) is 8.96. The average molecular weight is 429 g/mol. The molecule has 0 aliphatic heterocycles. The van der Waals surface area contributed by atoms with Crippen molar-refractivity contribution in [3.63, 3.8) is 0 Å². The van der Waals surface area contributed by atoms with Crippen molar-refractivity contribution in [2.75, 3.05) is 38.7 Å². The van der Waals surface area contributed by atoms with Gasteiger partial charge in [-0.2, -0.15) is 0 Å². The normalized spacial score (nSPS) is 10.4. The fraction of sp³-hybridized carbons (Fsp3) is 0.348. The van der Waals surface area contributed by atoms with Crippen LogP contribution < -0.4 is 10.6 Å². The molecule has 2 N–H and O–H groups in total. The van der Waals surface area contributed by atoms with Gasteiger partial charge in [-0.25, -0.2) is 4.39 Å². The first kappa shape index (κ1) is 24.0. The second kappa shape index (κ2) is 12.4. The Bertz CT molecular complexity index is 869. The third-order valence-corrected chi connectivity index (χ3v) is 4.51. The molecule has 2 aromatic carbocycles. The monoisotopic (exact) mass is 429 g/mol. The predicted molar refractivity (Wildman–Crippen MR) is 116 cm³/mol. The molecule has 0 saturated heterocycles. The average Bonchev–Trinajstić information content (AvgIpc) is 2.75. The van der Waals surface area contributed by atoms with Crippen LogP contribution >= 0.6 is 0 Å². The van der Waals surface area contributed by atoms with E-state index in [1.54, 1.807) is 19.2 Å². The Morgan fingerprint density at radius 2 is 1.68 bits per heavy atom. The van der Waals surface area contributed by atoms with E-state index in [9.17, 15) is 18.8 Å². The fourth-order valence-electron chi connectivity index (χ4n) is 2.83. The van der Waals surface area contributed by atoms with Gasteiger partial charge in [0.25, 0.3) is 0 Å². The van der Waals surface area contributed by atoms with E-state index in [2.05, 4.69) is 10.6 Å². The van der Waals surface area contributed by atoms with Crippen LogP contribution in [-0.2, 0) is 25.5 Å². The first-order valence-electron chi connectivity index (χ1n) is 10.0. The molecule has 8 heteroatoms. The van der Waals surface area contributed by atoms with Crippen molar-refractivity contribution in [2.24, 2.45) is 0 Å². The van der Waals surface area contributed by atoms with Crippen LogP contribution in [-0.4, -0.2) is 56.0 Å². The van der Waals surface area contributed by atoms with E-state index in [1.807, 2.05) is 19.1 Å². The number of rotatable bonds is 11. The van der Waals surface area contributed by atoms with Gasteiger partial charge in [0.2, 0.25) is 17.7 Å². The SMILES string of the molecule is COCCCN(CC(=O)NCC(=O)Nc1ccc(C)cc1)C(=O)Cc1ccc(F)cc1. The Morgan fingerprint density at radius 1 is 1.00 bits per heavy atom. The van der Waals surface area contributed by atoms with Crippen LogP contribution in [0.3, 0.4) is 0 Å². The minimum Gasteiger partial charge on any atom is -0.385 e. The van der Waals surface area contributed by atoms with Crippen molar-refractivity contribution in [1.82, 2.24) is 10.2 Å². The maximum absolute atomic E-state index is 13.1. The van der Waals surface area contributed by atoms with Gasteiger partial charge in [0, 0.05) is 25.9 Å². The second-order valence-corrected chi connectivity index (χ2v) is 7.16. The summed E-state index contributed by atoms with van der Waals surface area (Å²) in [5.74, 6) is -1.44. The number of ether oxygens (including phenoxy) is 1. The first-order valence-corrected chi connectivity index (χ1v) is 10.0. The number of carbonyl (C=O) groups excluding carboxylic acids is 3. The molecule has 0 spiro atoms. The highest BCUT2D eigenvalue weighted by Gasteiger charge is 2.18. The molecule has 0 aliphatic rings. The number of amides is 3. The second-order valence-electron chi connectivity index (χ2n) is 7.16. The molecule has 0 radical (unpaired) electrons. The summed E-state index contributed by atoms with van der Waals surface area (Å²) in [6.07, 6.45) is 0.612. The van der Waals surface area contributed by atoms with E-state index in [-0.39, 0.29) is 37.1 Å². The Hall–Kier alpha value is -3.26. The molecule has 3 amide bonds. The summed E-state index contributed by atoms with van der Waals surface area (Å²) in [6, 6.07) is 13.0. The van der Waals surface area contributed by atoms with Gasteiger partial charge in [0.05, 0.1) is 19.5 Å². The van der Waals surface area contributed by atoms with E-state index >= 15 is 0 Å². The van der Waals surface area contributed by atoms with Gasteiger partial charge in [-0.15, -0.1) is 0 Å². The molecule has 7 nitrogen and oxygen atoms in total. The lowest BCUT2D eigenvalue weighted by Gasteiger charge is -2.22. The highest BCUT2D eigenvalue weighted by molar-refractivity contribution is 5.95. The molecule has 166 valence electrons. The summed E-state index contributed by atoms with van der Waals surface area (Å²) in [5.41, 5.74) is 2.37. The first-order chi connectivity index (χ1) is 14.9. The van der Waals surface area contributed by atoms with Gasteiger partial charge < -0.3 is 20.3 Å². The number of carbonyl (C=O) groups is 3. The fourth-order valence-corrected chi connectivity index (χ4v) is 2.83. The van der Waals surface area contributed by atoms with Gasteiger partial charge in [0.15, 0.2) is 0 Å². The molecule has 0 aromatic heterocycles. The topological polar surface area (TPSA) is 87.7 Å². The quantitative estimate of drug-likeness (QED) is 0.537. The lowest BCUT2D eigenvalue weighted by Crippen LogP contribution is -2.44. The van der Waals surface area contributed by atoms with E-state index in [4.69, 9.17) is 4.74 Å². The molecule has 2 aromatic rings. The smallest absolute Gasteiger partial charge is 0.243 e. The highest BCUT2D eigenvalue weighted by atomic mass is 19.1. The van der Waals surface area contributed by atoms with Gasteiger partial charge in [-0.1, -0.05) is 29.8 Å². The van der Waals surface area contributed by atoms with Gasteiger partial charge in [-0.05, 0) is 43.2 Å². The number of benzene rings is 2. The predicted octanol–water partition coefficient (Wildman–Crippen LogP) is 2.30. The number of aryl methyl sites for hydroxylation is 1. The zero-order valence-corrected chi connectivity index (χ0v) is 17.8. The van der Waals surface area contributed by atoms with Gasteiger partial charge >= 0.3 is 0 Å². The molecule has 0 fully saturated rings. The van der Waals surface area contributed by atoms with Crippen LogP contribution in [0.15, 0.2) is 48.5 Å². The standard InChI is InChI=1S/C23H28FN3O4/c1-17-4-10-20(11-5-17)26-21(28)15-25-22(29)16-27(12-3-13-31-2)23(30)14-18-6-8-19(24)9-7-18/h4-11H,3,12-16H2,1-2H3,(H,25,29)(H,26,28). The number of methoxy groups -OCH3 is 1. The van der Waals surface area contributed by atoms with Crippen molar-refractivity contribution in [3.8, 4) is 0 Å². The summed E-state index contributed by atoms with van der Waals surface area (Å²) >= 11 is 0. The van der Waals surface area contributed by atoms with Crippen molar-refractivity contribution < 1.29 is 23.5 Å². The molecule has 0 aliphatic carbocycles. The van der Waals surface area contributed by atoms with Crippen molar-refractivity contribution >= 4 is 23.4 Å². The number of hydrogen-bond donors (Lipinski definition) is 2. The van der Waals surface area contributed by atoms with Crippen LogP contribution in [0, 0.1) is 12.7 Å². The van der Waals surface area contributed by atoms with E-state index in [0.717, 1.165) is 5.56 Å². The number of nitrogens with zero attached hydrogens (tertiary/aromatic N) is 1. The maximum Gasteiger partial charge on any atom is 0.243 e. The lowest BCUT2D eigenvalue weighted by atomic mass is 10.1. The van der Waals surface area contributed by atoms with Crippen molar-refractivity contribution in [1.29, 1.82) is 0 Å². The van der Waals surface area contributed by atoms with E-state index < -0.39 is 5.91 Å². The van der Waals surface area contributed by atoms with Crippen molar-refractivity contribution in [3.05, 3.63) is 65.5 Å². The van der Waals surface area contributed by atoms with Crippen LogP contribution in [0.5, 0.6) is 0 Å². The van der Waals surface area contributed by atoms with E-state index in [1.165, 1.54) is 29.2 Å². The number of anilines is 1. The van der Waals surface area contributed by atoms with Crippen LogP contribution in [0.2, 0.25) is 0 Å². The summed E-state index contributed by atoms with van der Waals surface area (Å²) in [5, 5.41) is 5.23. The minimum absolute atomic E-state index is 0.0501. The summed E-state index contributed by atoms with van der Waals surface area (Å²) in [6.45, 7) is 2.34. The molecule has 0 bridgehead atoms. The number of halogens is 1. The number of nitrogens with one attached hydrogen (secondary N) is 2. The Morgan fingerprint density at radius 3 is 2.32 bits per heavy atom. The molecule has 0 saturated carbocycles. The maximum atomic E-state index is 13.1. The van der Waals surface area contributed by atoms with Gasteiger partial charge in [-0.3, -0.25) is 14.4 Å². The zero-order valence-electron chi connectivity index (χ0n) is 17.8. The third-order valence-electron chi connectivity index (χ3n) is 4.51. The zero-order chi connectivity index (χ0) is 22.6. The molecule has 2 rings (SSSR count). The van der Waals surface area contributed by atoms with Crippen LogP contribution in [0.1, 0.15) is 17.5 Å². The Labute approximate surface area is 181 Å². The molecular weight excluding hydrogens is 401 g/mol. The van der Waals surface area contributed by atoms with E-state index in [0.29, 0.717) is 30.8 Å². The molecular formula is C23H28FN3O4. The number of hydrogen-bond acceptors (Lipinski definition) is 4. The summed E-state index contributed by atoms with van der Waals surface area (Å²) in [4.78, 5) is 38.4. The minimum atomic E-state index is -0.441. The van der Waals surface area contributed by atoms with Crippen LogP contribution in [0.4, 0.5) is 10.1 Å². The van der Waals surface area contributed by atoms with Crippen molar-refractivity contribution in [2.45, 2.75) is 19.8 Å². The highest BCUT2D eigenvalue weighted by Crippen LogP contribution is 2.08. The lowest BCUT2D eigenvalue weighted by molar-refractivity contribution is -0.135. The Balaban J connectivity index is 1.87. The molecule has 31 heavy (non-hydrogen) atoms. The molecule has 0 unspecified atom stereocenters. The molecule has 0 heterocycles. The Kier molecular flexibility index (Phi) is 9.64. The molecule has 0 atom stereocenters. The largest absolute Gasteiger partial charge is 0.385 e. The summed E-state index contributed by atoms with van der Waals surface area (Å²) < 4.78 is 18.1. The summed E-state index contributed by atoms with van der Waals surface area (Å²) in [7, 11) is 1.56. The van der Waals surface area contributed by atoms with Gasteiger partial charge in [0.1, 0.15) is 5.82 Å².